The van der Waals surface area contributed by atoms with E-state index in [4.69, 9.17) is 4.74 Å². The molecule has 46 heavy (non-hydrogen) atoms. The highest BCUT2D eigenvalue weighted by atomic mass is 16.5. The second-order valence-corrected chi connectivity index (χ2v) is 10.9. The molecule has 1 aliphatic rings. The zero-order valence-corrected chi connectivity index (χ0v) is 25.0. The molecule has 4 N–H and O–H groups in total. The molecule has 3 heterocycles. The van der Waals surface area contributed by atoms with Gasteiger partial charge in [0.25, 0.3) is 5.91 Å². The van der Waals surface area contributed by atoms with Crippen molar-refractivity contribution in [2.24, 2.45) is 5.92 Å². The highest BCUT2D eigenvalue weighted by Crippen LogP contribution is 2.25. The minimum Gasteiger partial charge on any atom is -0.493 e. The van der Waals surface area contributed by atoms with Crippen LogP contribution in [0.3, 0.4) is 0 Å². The Hall–Kier alpha value is -5.97. The highest BCUT2D eigenvalue weighted by molar-refractivity contribution is 6.03. The number of rotatable bonds is 11. The van der Waals surface area contributed by atoms with E-state index in [2.05, 4.69) is 35.8 Å². The summed E-state index contributed by atoms with van der Waals surface area (Å²) in [6.07, 6.45) is 3.49. The number of piperidine rings is 1. The van der Waals surface area contributed by atoms with Crippen molar-refractivity contribution < 1.29 is 19.4 Å². The monoisotopic (exact) mass is 615 g/mol. The Bertz CT molecular complexity index is 1720. The largest absolute Gasteiger partial charge is 0.493 e. The molecule has 0 unspecified atom stereocenters. The van der Waals surface area contributed by atoms with Crippen LogP contribution < -0.4 is 25.6 Å². The van der Waals surface area contributed by atoms with Gasteiger partial charge in [-0.2, -0.15) is 4.98 Å². The molecule has 1 amide bonds. The van der Waals surface area contributed by atoms with Gasteiger partial charge in [0.15, 0.2) is 0 Å². The highest BCUT2D eigenvalue weighted by Gasteiger charge is 2.21. The van der Waals surface area contributed by atoms with Crippen LogP contribution in [0.5, 0.6) is 5.75 Å². The number of amides is 1. The van der Waals surface area contributed by atoms with Crippen LogP contribution in [0, 0.1) is 5.92 Å². The predicted octanol–water partition coefficient (Wildman–Crippen LogP) is 6.60. The topological polar surface area (TPSA) is 142 Å². The number of carbonyl (C=O) groups is 2. The molecule has 0 bridgehead atoms. The van der Waals surface area contributed by atoms with E-state index in [-0.39, 0.29) is 23.1 Å². The maximum Gasteiger partial charge on any atom is 0.335 e. The number of para-hydroxylation sites is 2. The Morgan fingerprint density at radius 2 is 1.52 bits per heavy atom. The van der Waals surface area contributed by atoms with Crippen molar-refractivity contribution in [3.05, 3.63) is 121 Å². The number of carbonyl (C=O) groups excluding carboxylic acids is 1. The zero-order valence-electron chi connectivity index (χ0n) is 25.0. The van der Waals surface area contributed by atoms with Crippen LogP contribution in [0.1, 0.15) is 33.7 Å². The average Bonchev–Trinajstić information content (AvgIpc) is 3.09. The summed E-state index contributed by atoms with van der Waals surface area (Å²) >= 11 is 0. The van der Waals surface area contributed by atoms with Gasteiger partial charge in [0.05, 0.1) is 24.1 Å². The van der Waals surface area contributed by atoms with Gasteiger partial charge < -0.3 is 30.7 Å². The molecule has 1 fully saturated rings. The lowest BCUT2D eigenvalue weighted by molar-refractivity contribution is 0.0696. The van der Waals surface area contributed by atoms with Gasteiger partial charge in [0.2, 0.25) is 5.95 Å². The molecule has 1 aliphatic heterocycles. The number of benzene rings is 3. The summed E-state index contributed by atoms with van der Waals surface area (Å²) in [6.45, 7) is 2.16. The van der Waals surface area contributed by atoms with E-state index in [1.807, 2.05) is 72.8 Å². The first-order valence-electron chi connectivity index (χ1n) is 15.0. The van der Waals surface area contributed by atoms with Crippen LogP contribution in [0.15, 0.2) is 109 Å². The molecule has 6 rings (SSSR count). The number of ether oxygens (including phenoxy) is 1. The number of nitrogens with one attached hydrogen (secondary N) is 3. The molecule has 11 nitrogen and oxygen atoms in total. The number of hydrogen-bond acceptors (Lipinski definition) is 9. The maximum absolute atomic E-state index is 13.3. The van der Waals surface area contributed by atoms with Crippen LogP contribution in [-0.4, -0.2) is 51.6 Å². The summed E-state index contributed by atoms with van der Waals surface area (Å²) in [5, 5.41) is 18.5. The van der Waals surface area contributed by atoms with E-state index < -0.39 is 5.97 Å². The van der Waals surface area contributed by atoms with E-state index in [1.54, 1.807) is 36.5 Å². The summed E-state index contributed by atoms with van der Waals surface area (Å²) in [6, 6.07) is 31.0. The number of carboxylic acids is 1. The fraction of sp³-hybridized carbons (Fsp3) is 0.171. The molecule has 232 valence electrons. The van der Waals surface area contributed by atoms with Gasteiger partial charge in [-0.15, -0.1) is 0 Å². The van der Waals surface area contributed by atoms with Crippen molar-refractivity contribution in [3.8, 4) is 5.75 Å². The van der Waals surface area contributed by atoms with Crippen LogP contribution in [-0.2, 0) is 0 Å². The van der Waals surface area contributed by atoms with Crippen LogP contribution >= 0.6 is 0 Å². The Morgan fingerprint density at radius 1 is 0.804 bits per heavy atom. The molecule has 3 aromatic carbocycles. The number of aromatic nitrogens is 3. The van der Waals surface area contributed by atoms with Gasteiger partial charge in [-0.3, -0.25) is 4.79 Å². The van der Waals surface area contributed by atoms with E-state index in [0.717, 1.165) is 43.1 Å². The fourth-order valence-corrected chi connectivity index (χ4v) is 5.11. The normalized spacial score (nSPS) is 13.1. The summed E-state index contributed by atoms with van der Waals surface area (Å²) in [5.74, 6) is 1.15. The lowest BCUT2D eigenvalue weighted by atomic mass is 9.98. The second-order valence-electron chi connectivity index (χ2n) is 10.9. The van der Waals surface area contributed by atoms with Crippen LogP contribution in [0.2, 0.25) is 0 Å². The molecule has 0 atom stereocenters. The Kier molecular flexibility index (Phi) is 9.29. The van der Waals surface area contributed by atoms with E-state index >= 15 is 0 Å². The van der Waals surface area contributed by atoms with E-state index in [0.29, 0.717) is 29.8 Å². The lowest BCUT2D eigenvalue weighted by Gasteiger charge is -2.32. The van der Waals surface area contributed by atoms with Crippen molar-refractivity contribution >= 4 is 46.5 Å². The third-order valence-electron chi connectivity index (χ3n) is 7.55. The quantitative estimate of drug-likeness (QED) is 0.128. The van der Waals surface area contributed by atoms with Crippen molar-refractivity contribution in [2.45, 2.75) is 12.8 Å². The Morgan fingerprint density at radius 3 is 2.20 bits per heavy atom. The standard InChI is InChI=1S/C35H33N7O4/c43-33(30-21-31(37-26-9-3-1-4-10-26)41-35(40-30)39-27-11-5-2-6-12-27)38-28-14-15-32(36-22-28)42-18-16-24(17-19-42)23-46-29-13-7-8-25(20-29)34(44)45/h1-15,20-22,24H,16-19,23H2,(H,38,43)(H,44,45)(H2,37,39,40,41). The zero-order chi connectivity index (χ0) is 31.7. The third-order valence-corrected chi connectivity index (χ3v) is 7.55. The third kappa shape index (κ3) is 7.94. The van der Waals surface area contributed by atoms with E-state index in [9.17, 15) is 14.7 Å². The Balaban J connectivity index is 1.06. The first-order valence-corrected chi connectivity index (χ1v) is 15.0. The first-order chi connectivity index (χ1) is 22.5. The molecule has 11 heteroatoms. The smallest absolute Gasteiger partial charge is 0.335 e. The molecule has 0 radical (unpaired) electrons. The number of anilines is 6. The molecule has 0 aliphatic carbocycles. The summed E-state index contributed by atoms with van der Waals surface area (Å²) in [7, 11) is 0. The van der Waals surface area contributed by atoms with E-state index in [1.165, 1.54) is 0 Å². The number of nitrogens with zero attached hydrogens (tertiary/aromatic N) is 4. The summed E-state index contributed by atoms with van der Waals surface area (Å²) in [4.78, 5) is 40.4. The van der Waals surface area contributed by atoms with Gasteiger partial charge in [-0.05, 0) is 73.4 Å². The van der Waals surface area contributed by atoms with Crippen molar-refractivity contribution in [1.29, 1.82) is 0 Å². The molecule has 2 aromatic heterocycles. The molecular weight excluding hydrogens is 582 g/mol. The van der Waals surface area contributed by atoms with Crippen molar-refractivity contribution in [1.82, 2.24) is 15.0 Å². The number of hydrogen-bond donors (Lipinski definition) is 4. The lowest BCUT2D eigenvalue weighted by Crippen LogP contribution is -2.36. The van der Waals surface area contributed by atoms with Gasteiger partial charge >= 0.3 is 5.97 Å². The first kappa shape index (κ1) is 30.1. The number of pyridine rings is 1. The fourth-order valence-electron chi connectivity index (χ4n) is 5.11. The minimum absolute atomic E-state index is 0.190. The van der Waals surface area contributed by atoms with Gasteiger partial charge in [0.1, 0.15) is 23.1 Å². The number of carboxylic acid groups (broad SMARTS) is 1. The molecule has 0 saturated carbocycles. The number of aromatic carboxylic acids is 1. The minimum atomic E-state index is -0.971. The second kappa shape index (κ2) is 14.2. The molecular formula is C35H33N7O4. The van der Waals surface area contributed by atoms with Gasteiger partial charge in [0, 0.05) is 30.5 Å². The SMILES string of the molecule is O=C(O)c1cccc(OCC2CCN(c3ccc(NC(=O)c4cc(Nc5ccccc5)nc(Nc5ccccc5)n4)cn3)CC2)c1. The summed E-state index contributed by atoms with van der Waals surface area (Å²) < 4.78 is 5.89. The van der Waals surface area contributed by atoms with Crippen molar-refractivity contribution in [3.63, 3.8) is 0 Å². The Labute approximate surface area is 266 Å². The van der Waals surface area contributed by atoms with Gasteiger partial charge in [-0.1, -0.05) is 42.5 Å². The maximum atomic E-state index is 13.3. The van der Waals surface area contributed by atoms with Crippen LogP contribution in [0.25, 0.3) is 0 Å². The average molecular weight is 616 g/mol. The van der Waals surface area contributed by atoms with Crippen LogP contribution in [0.4, 0.5) is 34.6 Å². The molecule has 0 spiro atoms. The molecule has 1 saturated heterocycles. The summed E-state index contributed by atoms with van der Waals surface area (Å²) in [5.41, 5.74) is 2.58. The molecule has 5 aromatic rings. The van der Waals surface area contributed by atoms with Crippen molar-refractivity contribution in [2.75, 3.05) is 40.5 Å². The van der Waals surface area contributed by atoms with Gasteiger partial charge in [-0.25, -0.2) is 14.8 Å². The predicted molar refractivity (Wildman–Crippen MR) is 178 cm³/mol.